The molecule has 2 atom stereocenters. The van der Waals surface area contributed by atoms with Crippen molar-refractivity contribution in [1.82, 2.24) is 10.3 Å². The Labute approximate surface area is 125 Å². The van der Waals surface area contributed by atoms with Crippen LogP contribution < -0.4 is 5.32 Å². The van der Waals surface area contributed by atoms with Gasteiger partial charge in [0.05, 0.1) is 5.01 Å². The van der Waals surface area contributed by atoms with E-state index in [1.807, 2.05) is 0 Å². The number of likely N-dealkylation sites (N-methyl/N-ethyl adjacent to an activating group) is 1. The maximum atomic E-state index is 4.61. The van der Waals surface area contributed by atoms with E-state index >= 15 is 0 Å². The quantitative estimate of drug-likeness (QED) is 0.876. The SMILES string of the molecule is CCNC(Cc1nc(C)cs1)CC1Cc2ccccc21. The molecular formula is C17H22N2S. The van der Waals surface area contributed by atoms with Crippen LogP contribution in [0.15, 0.2) is 29.6 Å². The van der Waals surface area contributed by atoms with Crippen LogP contribution in [0.4, 0.5) is 0 Å². The molecule has 0 saturated heterocycles. The lowest BCUT2D eigenvalue weighted by Gasteiger charge is -2.33. The maximum absolute atomic E-state index is 4.61. The Morgan fingerprint density at radius 1 is 1.40 bits per heavy atom. The normalized spacial score (nSPS) is 18.4. The molecule has 20 heavy (non-hydrogen) atoms. The molecule has 2 aromatic rings. The lowest BCUT2D eigenvalue weighted by molar-refractivity contribution is 0.422. The number of rotatable bonds is 6. The van der Waals surface area contributed by atoms with E-state index in [0.717, 1.165) is 24.6 Å². The Morgan fingerprint density at radius 3 is 2.95 bits per heavy atom. The lowest BCUT2D eigenvalue weighted by Crippen LogP contribution is -2.35. The van der Waals surface area contributed by atoms with Gasteiger partial charge in [0.1, 0.15) is 0 Å². The summed E-state index contributed by atoms with van der Waals surface area (Å²) in [5.41, 5.74) is 4.25. The summed E-state index contributed by atoms with van der Waals surface area (Å²) in [6.07, 6.45) is 3.53. The minimum atomic E-state index is 0.545. The highest BCUT2D eigenvalue weighted by atomic mass is 32.1. The van der Waals surface area contributed by atoms with Crippen LogP contribution in [0.1, 0.15) is 41.1 Å². The zero-order chi connectivity index (χ0) is 13.9. The fourth-order valence-corrected chi connectivity index (χ4v) is 4.00. The predicted molar refractivity (Wildman–Crippen MR) is 85.5 cm³/mol. The van der Waals surface area contributed by atoms with Gasteiger partial charge in [0.15, 0.2) is 0 Å². The van der Waals surface area contributed by atoms with Crippen molar-refractivity contribution in [2.24, 2.45) is 0 Å². The van der Waals surface area contributed by atoms with E-state index in [9.17, 15) is 0 Å². The molecule has 106 valence electrons. The zero-order valence-electron chi connectivity index (χ0n) is 12.2. The molecule has 2 unspecified atom stereocenters. The molecule has 1 aliphatic carbocycles. The lowest BCUT2D eigenvalue weighted by atomic mass is 9.74. The van der Waals surface area contributed by atoms with Crippen LogP contribution >= 0.6 is 11.3 Å². The Bertz CT molecular complexity index is 576. The summed E-state index contributed by atoms with van der Waals surface area (Å²) in [7, 11) is 0. The van der Waals surface area contributed by atoms with Crippen LogP contribution in [-0.4, -0.2) is 17.6 Å². The molecule has 3 heteroatoms. The van der Waals surface area contributed by atoms with Crippen LogP contribution in [0, 0.1) is 6.92 Å². The molecule has 0 fully saturated rings. The summed E-state index contributed by atoms with van der Waals surface area (Å²) in [5, 5.41) is 7.05. The number of thiazole rings is 1. The first-order chi connectivity index (χ1) is 9.76. The van der Waals surface area contributed by atoms with Crippen molar-refractivity contribution >= 4 is 11.3 Å². The molecule has 2 nitrogen and oxygen atoms in total. The third kappa shape index (κ3) is 2.94. The Kier molecular flexibility index (Phi) is 4.18. The van der Waals surface area contributed by atoms with Crippen molar-refractivity contribution in [3.8, 4) is 0 Å². The van der Waals surface area contributed by atoms with Crippen LogP contribution in [0.3, 0.4) is 0 Å². The predicted octanol–water partition coefficient (Wildman–Crippen LogP) is 3.70. The molecule has 0 saturated carbocycles. The van der Waals surface area contributed by atoms with Gasteiger partial charge in [-0.15, -0.1) is 11.3 Å². The molecule has 3 rings (SSSR count). The summed E-state index contributed by atoms with van der Waals surface area (Å²) in [6, 6.07) is 9.41. The van der Waals surface area contributed by atoms with E-state index in [2.05, 4.69) is 53.8 Å². The first-order valence-electron chi connectivity index (χ1n) is 7.48. The van der Waals surface area contributed by atoms with Crippen molar-refractivity contribution in [2.45, 2.75) is 45.1 Å². The Balaban J connectivity index is 1.64. The topological polar surface area (TPSA) is 24.9 Å². The smallest absolute Gasteiger partial charge is 0.0943 e. The van der Waals surface area contributed by atoms with E-state index in [0.29, 0.717) is 6.04 Å². The molecule has 0 radical (unpaired) electrons. The summed E-state index contributed by atoms with van der Waals surface area (Å²) in [6.45, 7) is 5.29. The van der Waals surface area contributed by atoms with Gasteiger partial charge in [0, 0.05) is 23.5 Å². The Hall–Kier alpha value is -1.19. The van der Waals surface area contributed by atoms with Crippen molar-refractivity contribution in [2.75, 3.05) is 6.54 Å². The van der Waals surface area contributed by atoms with Crippen molar-refractivity contribution in [3.63, 3.8) is 0 Å². The molecule has 1 aliphatic rings. The third-order valence-electron chi connectivity index (χ3n) is 4.11. The molecular weight excluding hydrogens is 264 g/mol. The van der Waals surface area contributed by atoms with E-state index < -0.39 is 0 Å². The number of hydrogen-bond donors (Lipinski definition) is 1. The van der Waals surface area contributed by atoms with Crippen LogP contribution in [0.5, 0.6) is 0 Å². The van der Waals surface area contributed by atoms with E-state index in [4.69, 9.17) is 0 Å². The molecule has 0 bridgehead atoms. The fraction of sp³-hybridized carbons (Fsp3) is 0.471. The summed E-state index contributed by atoms with van der Waals surface area (Å²) >= 11 is 1.79. The van der Waals surface area contributed by atoms with Gasteiger partial charge in [-0.3, -0.25) is 0 Å². The standard InChI is InChI=1S/C17H22N2S/c1-3-18-15(10-17-19-12(2)11-20-17)9-14-8-13-6-4-5-7-16(13)14/h4-7,11,14-15,18H,3,8-10H2,1-2H3. The van der Waals surface area contributed by atoms with Gasteiger partial charge >= 0.3 is 0 Å². The second-order valence-electron chi connectivity index (χ2n) is 5.68. The summed E-state index contributed by atoms with van der Waals surface area (Å²) in [4.78, 5) is 4.61. The second kappa shape index (κ2) is 6.06. The summed E-state index contributed by atoms with van der Waals surface area (Å²) in [5.74, 6) is 0.733. The minimum absolute atomic E-state index is 0.545. The number of nitrogens with zero attached hydrogens (tertiary/aromatic N) is 1. The van der Waals surface area contributed by atoms with Crippen LogP contribution in [0.2, 0.25) is 0 Å². The first-order valence-corrected chi connectivity index (χ1v) is 8.36. The minimum Gasteiger partial charge on any atom is -0.314 e. The number of fused-ring (bicyclic) bond motifs is 1. The van der Waals surface area contributed by atoms with E-state index in [-0.39, 0.29) is 0 Å². The first kappa shape index (κ1) is 13.8. The molecule has 1 N–H and O–H groups in total. The van der Waals surface area contributed by atoms with Gasteiger partial charge in [-0.25, -0.2) is 4.98 Å². The van der Waals surface area contributed by atoms with Crippen molar-refractivity contribution < 1.29 is 0 Å². The fourth-order valence-electron chi connectivity index (χ4n) is 3.15. The van der Waals surface area contributed by atoms with Gasteiger partial charge in [-0.1, -0.05) is 31.2 Å². The van der Waals surface area contributed by atoms with Crippen LogP contribution in [0.25, 0.3) is 0 Å². The van der Waals surface area contributed by atoms with Crippen LogP contribution in [-0.2, 0) is 12.8 Å². The molecule has 1 aromatic heterocycles. The number of aryl methyl sites for hydroxylation is 1. The van der Waals surface area contributed by atoms with Crippen molar-refractivity contribution in [1.29, 1.82) is 0 Å². The molecule has 0 amide bonds. The average Bonchev–Trinajstić information content (AvgIpc) is 2.81. The van der Waals surface area contributed by atoms with Gasteiger partial charge in [0.25, 0.3) is 0 Å². The molecule has 1 aromatic carbocycles. The highest BCUT2D eigenvalue weighted by Gasteiger charge is 2.28. The van der Waals surface area contributed by atoms with Gasteiger partial charge in [0.2, 0.25) is 0 Å². The third-order valence-corrected chi connectivity index (χ3v) is 5.10. The monoisotopic (exact) mass is 286 g/mol. The number of hydrogen-bond acceptors (Lipinski definition) is 3. The molecule has 1 heterocycles. The highest BCUT2D eigenvalue weighted by Crippen LogP contribution is 2.38. The van der Waals surface area contributed by atoms with Gasteiger partial charge in [-0.05, 0) is 43.4 Å². The van der Waals surface area contributed by atoms with Gasteiger partial charge < -0.3 is 5.32 Å². The number of nitrogens with one attached hydrogen (secondary N) is 1. The zero-order valence-corrected chi connectivity index (χ0v) is 13.0. The second-order valence-corrected chi connectivity index (χ2v) is 6.62. The molecule has 0 aliphatic heterocycles. The Morgan fingerprint density at radius 2 is 2.25 bits per heavy atom. The summed E-state index contributed by atoms with van der Waals surface area (Å²) < 4.78 is 0. The largest absolute Gasteiger partial charge is 0.314 e. The number of benzene rings is 1. The maximum Gasteiger partial charge on any atom is 0.0943 e. The molecule has 0 spiro atoms. The highest BCUT2D eigenvalue weighted by molar-refractivity contribution is 7.09. The average molecular weight is 286 g/mol. The van der Waals surface area contributed by atoms with Crippen molar-refractivity contribution in [3.05, 3.63) is 51.5 Å². The van der Waals surface area contributed by atoms with E-state index in [1.165, 1.54) is 23.4 Å². The number of aromatic nitrogens is 1. The van der Waals surface area contributed by atoms with E-state index in [1.54, 1.807) is 16.9 Å². The van der Waals surface area contributed by atoms with Gasteiger partial charge in [-0.2, -0.15) is 0 Å².